The Hall–Kier alpha value is -1.86. The minimum absolute atomic E-state index is 0.204. The van der Waals surface area contributed by atoms with Crippen molar-refractivity contribution in [3.8, 4) is 5.75 Å². The van der Waals surface area contributed by atoms with E-state index in [0.717, 1.165) is 5.56 Å². The van der Waals surface area contributed by atoms with E-state index in [-0.39, 0.29) is 12.1 Å². The van der Waals surface area contributed by atoms with Gasteiger partial charge in [-0.05, 0) is 26.8 Å². The average molecular weight is 323 g/mol. The van der Waals surface area contributed by atoms with Gasteiger partial charge in [0.05, 0.1) is 25.5 Å². The largest absolute Gasteiger partial charge is 0.489 e. The van der Waals surface area contributed by atoms with Gasteiger partial charge in [-0.2, -0.15) is 0 Å². The molecular weight excluding hydrogens is 298 g/mol. The van der Waals surface area contributed by atoms with Crippen LogP contribution in [0.2, 0.25) is 0 Å². The van der Waals surface area contributed by atoms with E-state index < -0.39 is 5.60 Å². The molecule has 0 unspecified atom stereocenters. The molecule has 7 nitrogen and oxygen atoms in total. The molecule has 0 bridgehead atoms. The summed E-state index contributed by atoms with van der Waals surface area (Å²) in [5, 5.41) is 0. The Morgan fingerprint density at radius 1 is 1.52 bits per heavy atom. The van der Waals surface area contributed by atoms with Gasteiger partial charge in [0.25, 0.3) is 0 Å². The van der Waals surface area contributed by atoms with Gasteiger partial charge in [-0.1, -0.05) is 0 Å². The third-order valence-electron chi connectivity index (χ3n) is 3.38. The third kappa shape index (κ3) is 5.07. The molecule has 1 aliphatic rings. The lowest BCUT2D eigenvalue weighted by Crippen LogP contribution is -2.52. The van der Waals surface area contributed by atoms with Crippen molar-refractivity contribution in [3.05, 3.63) is 24.0 Å². The lowest BCUT2D eigenvalue weighted by atomic mass is 10.2. The quantitative estimate of drug-likeness (QED) is 0.905. The first-order chi connectivity index (χ1) is 10.9. The Morgan fingerprint density at radius 3 is 3.00 bits per heavy atom. The van der Waals surface area contributed by atoms with Crippen molar-refractivity contribution >= 4 is 6.09 Å². The summed E-state index contributed by atoms with van der Waals surface area (Å²) < 4.78 is 16.7. The molecular formula is C16H25N3O4. The number of pyridine rings is 1. The molecule has 0 spiro atoms. The van der Waals surface area contributed by atoms with Gasteiger partial charge in [0, 0.05) is 24.8 Å². The van der Waals surface area contributed by atoms with E-state index in [2.05, 4.69) is 4.98 Å². The van der Waals surface area contributed by atoms with Gasteiger partial charge in [-0.3, -0.25) is 9.88 Å². The lowest BCUT2D eigenvalue weighted by Gasteiger charge is -2.36. The smallest absolute Gasteiger partial charge is 0.410 e. The number of hydrogen-bond acceptors (Lipinski definition) is 6. The molecule has 23 heavy (non-hydrogen) atoms. The molecule has 1 atom stereocenters. The summed E-state index contributed by atoms with van der Waals surface area (Å²) >= 11 is 0. The maximum Gasteiger partial charge on any atom is 0.410 e. The molecule has 0 aliphatic carbocycles. The number of ether oxygens (including phenoxy) is 3. The number of amides is 1. The van der Waals surface area contributed by atoms with Crippen LogP contribution in [0.5, 0.6) is 5.75 Å². The topological polar surface area (TPSA) is 86.9 Å². The maximum absolute atomic E-state index is 12.3. The minimum atomic E-state index is -0.531. The standard InChI is InChI=1S/C16H25N3O4/c1-16(2,3)23-15(20)19-6-7-21-10-13(19)11-22-14-9-18-5-4-12(14)8-17/h4-5,9,13H,6-8,10-11,17H2,1-3H3/t13-/m0/s1. The van der Waals surface area contributed by atoms with Crippen LogP contribution in [0.4, 0.5) is 4.79 Å². The van der Waals surface area contributed by atoms with Crippen LogP contribution < -0.4 is 10.5 Å². The minimum Gasteiger partial charge on any atom is -0.489 e. The number of nitrogens with zero attached hydrogens (tertiary/aromatic N) is 2. The fraction of sp³-hybridized carbons (Fsp3) is 0.625. The van der Waals surface area contributed by atoms with Crippen molar-refractivity contribution in [2.75, 3.05) is 26.4 Å². The number of carbonyl (C=O) groups is 1. The molecule has 7 heteroatoms. The molecule has 1 aromatic heterocycles. The zero-order valence-corrected chi connectivity index (χ0v) is 13.9. The fourth-order valence-corrected chi connectivity index (χ4v) is 2.25. The van der Waals surface area contributed by atoms with Crippen molar-refractivity contribution in [3.63, 3.8) is 0 Å². The van der Waals surface area contributed by atoms with E-state index in [1.807, 2.05) is 26.8 Å². The average Bonchev–Trinajstić information content (AvgIpc) is 2.51. The summed E-state index contributed by atoms with van der Waals surface area (Å²) in [6, 6.07) is 1.61. The first-order valence-corrected chi connectivity index (χ1v) is 7.74. The lowest BCUT2D eigenvalue weighted by molar-refractivity contribution is -0.0419. The third-order valence-corrected chi connectivity index (χ3v) is 3.38. The number of aromatic nitrogens is 1. The summed E-state index contributed by atoms with van der Waals surface area (Å²) in [5.41, 5.74) is 6.03. The predicted octanol–water partition coefficient (Wildman–Crippen LogP) is 1.55. The second-order valence-corrected chi connectivity index (χ2v) is 6.40. The highest BCUT2D eigenvalue weighted by Gasteiger charge is 2.31. The van der Waals surface area contributed by atoms with Crippen molar-refractivity contribution in [2.24, 2.45) is 5.73 Å². The Bertz CT molecular complexity index is 530. The van der Waals surface area contributed by atoms with Crippen LogP contribution in [-0.4, -0.2) is 54.0 Å². The van der Waals surface area contributed by atoms with Crippen LogP contribution in [0.1, 0.15) is 26.3 Å². The van der Waals surface area contributed by atoms with Crippen LogP contribution in [-0.2, 0) is 16.0 Å². The molecule has 0 saturated carbocycles. The van der Waals surface area contributed by atoms with Crippen LogP contribution in [0.3, 0.4) is 0 Å². The van der Waals surface area contributed by atoms with E-state index in [4.69, 9.17) is 19.9 Å². The maximum atomic E-state index is 12.3. The number of rotatable bonds is 4. The highest BCUT2D eigenvalue weighted by molar-refractivity contribution is 5.68. The zero-order valence-electron chi connectivity index (χ0n) is 13.9. The van der Waals surface area contributed by atoms with Gasteiger partial charge in [0.2, 0.25) is 0 Å². The van der Waals surface area contributed by atoms with E-state index in [9.17, 15) is 4.79 Å². The van der Waals surface area contributed by atoms with Crippen molar-refractivity contribution in [1.29, 1.82) is 0 Å². The van der Waals surface area contributed by atoms with Crippen LogP contribution in [0.25, 0.3) is 0 Å². The Balaban J connectivity index is 2.00. The first-order valence-electron chi connectivity index (χ1n) is 7.74. The molecule has 1 amide bonds. The van der Waals surface area contributed by atoms with Crippen molar-refractivity contribution in [2.45, 2.75) is 39.0 Å². The molecule has 1 aliphatic heterocycles. The summed E-state index contributed by atoms with van der Waals surface area (Å²) in [6.45, 7) is 7.61. The highest BCUT2D eigenvalue weighted by atomic mass is 16.6. The Kier molecular flexibility index (Phi) is 5.79. The molecule has 2 rings (SSSR count). The van der Waals surface area contributed by atoms with Gasteiger partial charge in [0.1, 0.15) is 18.0 Å². The molecule has 1 saturated heterocycles. The van der Waals surface area contributed by atoms with Gasteiger partial charge < -0.3 is 19.9 Å². The number of hydrogen-bond donors (Lipinski definition) is 1. The van der Waals surface area contributed by atoms with Crippen molar-refractivity contribution in [1.82, 2.24) is 9.88 Å². The van der Waals surface area contributed by atoms with Crippen LogP contribution in [0.15, 0.2) is 18.5 Å². The first kappa shape index (κ1) is 17.5. The monoisotopic (exact) mass is 323 g/mol. The normalized spacial score (nSPS) is 18.6. The summed E-state index contributed by atoms with van der Waals surface area (Å²) in [6.07, 6.45) is 2.95. The van der Waals surface area contributed by atoms with E-state index in [1.165, 1.54) is 0 Å². The van der Waals surface area contributed by atoms with Gasteiger partial charge in [-0.15, -0.1) is 0 Å². The van der Waals surface area contributed by atoms with Gasteiger partial charge in [0.15, 0.2) is 0 Å². The summed E-state index contributed by atoms with van der Waals surface area (Å²) in [5.74, 6) is 0.629. The summed E-state index contributed by atoms with van der Waals surface area (Å²) in [4.78, 5) is 18.0. The highest BCUT2D eigenvalue weighted by Crippen LogP contribution is 2.19. The Labute approximate surface area is 136 Å². The fourth-order valence-electron chi connectivity index (χ4n) is 2.25. The molecule has 2 N–H and O–H groups in total. The molecule has 0 aromatic carbocycles. The summed E-state index contributed by atoms with van der Waals surface area (Å²) in [7, 11) is 0. The van der Waals surface area contributed by atoms with E-state index in [0.29, 0.717) is 38.7 Å². The molecule has 128 valence electrons. The van der Waals surface area contributed by atoms with Crippen LogP contribution >= 0.6 is 0 Å². The van der Waals surface area contributed by atoms with E-state index >= 15 is 0 Å². The second-order valence-electron chi connectivity index (χ2n) is 6.40. The number of carbonyl (C=O) groups excluding carboxylic acids is 1. The van der Waals surface area contributed by atoms with Gasteiger partial charge in [-0.25, -0.2) is 4.79 Å². The molecule has 0 radical (unpaired) electrons. The molecule has 1 aromatic rings. The van der Waals surface area contributed by atoms with Gasteiger partial charge >= 0.3 is 6.09 Å². The molecule has 2 heterocycles. The van der Waals surface area contributed by atoms with E-state index in [1.54, 1.807) is 17.3 Å². The number of nitrogens with two attached hydrogens (primary N) is 1. The number of morpholine rings is 1. The Morgan fingerprint density at radius 2 is 2.30 bits per heavy atom. The predicted molar refractivity (Wildman–Crippen MR) is 85.2 cm³/mol. The zero-order chi connectivity index (χ0) is 16.9. The molecule has 1 fully saturated rings. The van der Waals surface area contributed by atoms with Crippen molar-refractivity contribution < 1.29 is 19.0 Å². The van der Waals surface area contributed by atoms with Crippen LogP contribution in [0, 0.1) is 0 Å². The second kappa shape index (κ2) is 7.61. The SMILES string of the molecule is CC(C)(C)OC(=O)N1CCOC[C@H]1COc1cnccc1CN.